The number of aromatic nitrogens is 2. The van der Waals surface area contributed by atoms with Gasteiger partial charge in [0, 0.05) is 5.69 Å². The van der Waals surface area contributed by atoms with E-state index in [0.29, 0.717) is 5.69 Å². The molecule has 1 heterocycles. The van der Waals surface area contributed by atoms with E-state index in [-0.39, 0.29) is 17.6 Å². The van der Waals surface area contributed by atoms with Crippen molar-refractivity contribution < 1.29 is 13.6 Å². The molecule has 0 radical (unpaired) electrons. The van der Waals surface area contributed by atoms with Gasteiger partial charge in [-0.3, -0.25) is 9.48 Å². The number of benzene rings is 1. The van der Waals surface area contributed by atoms with Gasteiger partial charge >= 0.3 is 0 Å². The molecule has 1 amide bonds. The van der Waals surface area contributed by atoms with Crippen LogP contribution < -0.4 is 5.32 Å². The van der Waals surface area contributed by atoms with Gasteiger partial charge in [-0.25, -0.2) is 8.78 Å². The maximum atomic E-state index is 12.7. The fourth-order valence-electron chi connectivity index (χ4n) is 2.28. The summed E-state index contributed by atoms with van der Waals surface area (Å²) in [4.78, 5) is 12.3. The predicted molar refractivity (Wildman–Crippen MR) is 79.6 cm³/mol. The van der Waals surface area contributed by atoms with Crippen molar-refractivity contribution in [3.05, 3.63) is 53.3 Å². The van der Waals surface area contributed by atoms with Gasteiger partial charge < -0.3 is 5.32 Å². The van der Waals surface area contributed by atoms with Gasteiger partial charge in [-0.1, -0.05) is 30.3 Å². The zero-order valence-corrected chi connectivity index (χ0v) is 12.8. The molecule has 0 fully saturated rings. The van der Waals surface area contributed by atoms with Gasteiger partial charge in [0.25, 0.3) is 6.43 Å². The first-order valence-electron chi connectivity index (χ1n) is 7.09. The second-order valence-electron chi connectivity index (χ2n) is 5.27. The lowest BCUT2D eigenvalue weighted by Gasteiger charge is -2.19. The Morgan fingerprint density at radius 2 is 1.86 bits per heavy atom. The number of amides is 1. The number of halogens is 2. The number of nitrogens with zero attached hydrogens (tertiary/aromatic N) is 2. The Kier molecular flexibility index (Phi) is 4.90. The average Bonchev–Trinajstić information content (AvgIpc) is 2.89. The Balaban J connectivity index is 2.09. The van der Waals surface area contributed by atoms with Gasteiger partial charge in [0.05, 0.1) is 6.04 Å². The monoisotopic (exact) mass is 307 g/mol. The number of hydrogen-bond donors (Lipinski definition) is 1. The molecule has 22 heavy (non-hydrogen) atoms. The molecule has 1 N–H and O–H groups in total. The Morgan fingerprint density at radius 3 is 2.41 bits per heavy atom. The molecular formula is C16H19F2N3O. The SMILES string of the molecule is Cc1cc(C(F)F)nn1C(C)C(=O)NC(C)c1ccccc1. The van der Waals surface area contributed by atoms with Crippen LogP contribution >= 0.6 is 0 Å². The van der Waals surface area contributed by atoms with E-state index in [4.69, 9.17) is 0 Å². The van der Waals surface area contributed by atoms with Crippen LogP contribution in [0.1, 0.15) is 49.3 Å². The summed E-state index contributed by atoms with van der Waals surface area (Å²) in [6, 6.07) is 10.0. The lowest BCUT2D eigenvalue weighted by Crippen LogP contribution is -2.33. The quantitative estimate of drug-likeness (QED) is 0.918. The van der Waals surface area contributed by atoms with Crippen molar-refractivity contribution in [2.45, 2.75) is 39.3 Å². The van der Waals surface area contributed by atoms with Crippen molar-refractivity contribution in [1.82, 2.24) is 15.1 Å². The maximum absolute atomic E-state index is 12.7. The van der Waals surface area contributed by atoms with Crippen LogP contribution in [0.4, 0.5) is 8.78 Å². The summed E-state index contributed by atoms with van der Waals surface area (Å²) in [5.41, 5.74) is 1.20. The highest BCUT2D eigenvalue weighted by atomic mass is 19.3. The highest BCUT2D eigenvalue weighted by Gasteiger charge is 2.22. The third-order valence-corrected chi connectivity index (χ3v) is 3.57. The van der Waals surface area contributed by atoms with E-state index >= 15 is 0 Å². The van der Waals surface area contributed by atoms with Gasteiger partial charge in [0.1, 0.15) is 11.7 Å². The van der Waals surface area contributed by atoms with E-state index in [2.05, 4.69) is 10.4 Å². The number of nitrogens with one attached hydrogen (secondary N) is 1. The predicted octanol–water partition coefficient (Wildman–Crippen LogP) is 3.57. The standard InChI is InChI=1S/C16H19F2N3O/c1-10-9-14(15(17)18)20-21(10)12(3)16(22)19-11(2)13-7-5-4-6-8-13/h4-9,11-12,15H,1-3H3,(H,19,22). The van der Waals surface area contributed by atoms with E-state index in [1.54, 1.807) is 13.8 Å². The molecule has 118 valence electrons. The summed E-state index contributed by atoms with van der Waals surface area (Å²) < 4.78 is 26.7. The summed E-state index contributed by atoms with van der Waals surface area (Å²) in [5, 5.41) is 6.69. The lowest BCUT2D eigenvalue weighted by molar-refractivity contribution is -0.124. The molecule has 6 heteroatoms. The Bertz CT molecular complexity index is 640. The van der Waals surface area contributed by atoms with Crippen molar-refractivity contribution in [3.63, 3.8) is 0 Å². The van der Waals surface area contributed by atoms with E-state index in [9.17, 15) is 13.6 Å². The van der Waals surface area contributed by atoms with Crippen LogP contribution in [0.3, 0.4) is 0 Å². The summed E-state index contributed by atoms with van der Waals surface area (Å²) in [7, 11) is 0. The number of carbonyl (C=O) groups excluding carboxylic acids is 1. The lowest BCUT2D eigenvalue weighted by atomic mass is 10.1. The van der Waals surface area contributed by atoms with Crippen LogP contribution in [-0.4, -0.2) is 15.7 Å². The molecule has 0 aliphatic carbocycles. The number of aryl methyl sites for hydroxylation is 1. The summed E-state index contributed by atoms with van der Waals surface area (Å²) in [6.45, 7) is 5.17. The van der Waals surface area contributed by atoms with Crippen LogP contribution in [0.15, 0.2) is 36.4 Å². The first-order chi connectivity index (χ1) is 10.4. The molecular weight excluding hydrogens is 288 g/mol. The molecule has 1 aromatic heterocycles. The molecule has 0 aliphatic heterocycles. The van der Waals surface area contributed by atoms with Crippen molar-refractivity contribution in [3.8, 4) is 0 Å². The number of rotatable bonds is 5. The van der Waals surface area contributed by atoms with Gasteiger partial charge in [0.15, 0.2) is 0 Å². The zero-order valence-electron chi connectivity index (χ0n) is 12.8. The van der Waals surface area contributed by atoms with Crippen molar-refractivity contribution in [2.75, 3.05) is 0 Å². The van der Waals surface area contributed by atoms with Crippen LogP contribution in [-0.2, 0) is 4.79 Å². The molecule has 0 spiro atoms. The van der Waals surface area contributed by atoms with E-state index in [1.807, 2.05) is 37.3 Å². The molecule has 4 nitrogen and oxygen atoms in total. The Morgan fingerprint density at radius 1 is 1.23 bits per heavy atom. The van der Waals surface area contributed by atoms with Crippen LogP contribution in [0.25, 0.3) is 0 Å². The minimum absolute atomic E-state index is 0.165. The number of hydrogen-bond acceptors (Lipinski definition) is 2. The van der Waals surface area contributed by atoms with Crippen molar-refractivity contribution in [2.24, 2.45) is 0 Å². The fraction of sp³-hybridized carbons (Fsp3) is 0.375. The second kappa shape index (κ2) is 6.68. The smallest absolute Gasteiger partial charge is 0.282 e. The second-order valence-corrected chi connectivity index (χ2v) is 5.27. The molecule has 2 atom stereocenters. The molecule has 1 aromatic carbocycles. The number of carbonyl (C=O) groups is 1. The van der Waals surface area contributed by atoms with Crippen molar-refractivity contribution >= 4 is 5.91 Å². The molecule has 0 bridgehead atoms. The number of alkyl halides is 2. The van der Waals surface area contributed by atoms with E-state index in [1.165, 1.54) is 10.7 Å². The average molecular weight is 307 g/mol. The summed E-state index contributed by atoms with van der Waals surface area (Å²) in [5.74, 6) is -0.261. The first-order valence-corrected chi connectivity index (χ1v) is 7.09. The Labute approximate surface area is 128 Å². The van der Waals surface area contributed by atoms with Gasteiger partial charge in [-0.15, -0.1) is 0 Å². The molecule has 2 rings (SSSR count). The van der Waals surface area contributed by atoms with Crippen LogP contribution in [0, 0.1) is 6.92 Å². The normalized spacial score (nSPS) is 13.9. The highest BCUT2D eigenvalue weighted by Crippen LogP contribution is 2.21. The van der Waals surface area contributed by atoms with Crippen LogP contribution in [0.5, 0.6) is 0 Å². The third-order valence-electron chi connectivity index (χ3n) is 3.57. The minimum atomic E-state index is -2.64. The molecule has 0 saturated heterocycles. The maximum Gasteiger partial charge on any atom is 0.282 e. The Hall–Kier alpha value is -2.24. The molecule has 2 aromatic rings. The highest BCUT2D eigenvalue weighted by molar-refractivity contribution is 5.80. The zero-order chi connectivity index (χ0) is 16.3. The van der Waals surface area contributed by atoms with Gasteiger partial charge in [-0.2, -0.15) is 5.10 Å². The molecule has 2 unspecified atom stereocenters. The summed E-state index contributed by atoms with van der Waals surface area (Å²) >= 11 is 0. The van der Waals surface area contributed by atoms with E-state index < -0.39 is 12.5 Å². The molecule has 0 aliphatic rings. The summed E-state index contributed by atoms with van der Waals surface area (Å²) in [6.07, 6.45) is -2.64. The van der Waals surface area contributed by atoms with E-state index in [0.717, 1.165) is 5.56 Å². The van der Waals surface area contributed by atoms with Gasteiger partial charge in [-0.05, 0) is 32.4 Å². The third kappa shape index (κ3) is 3.50. The largest absolute Gasteiger partial charge is 0.348 e. The topological polar surface area (TPSA) is 46.9 Å². The van der Waals surface area contributed by atoms with Crippen LogP contribution in [0.2, 0.25) is 0 Å². The minimum Gasteiger partial charge on any atom is -0.348 e. The fourth-order valence-corrected chi connectivity index (χ4v) is 2.28. The molecule has 0 saturated carbocycles. The first kappa shape index (κ1) is 16.1. The van der Waals surface area contributed by atoms with Crippen molar-refractivity contribution in [1.29, 1.82) is 0 Å². The van der Waals surface area contributed by atoms with Gasteiger partial charge in [0.2, 0.25) is 5.91 Å².